The van der Waals surface area contributed by atoms with E-state index in [9.17, 15) is 0 Å². The average Bonchev–Trinajstić information content (AvgIpc) is 2.19. The Balaban J connectivity index is 0.000000921. The first kappa shape index (κ1) is 14.0. The molecule has 0 atom stereocenters. The lowest BCUT2D eigenvalue weighted by Gasteiger charge is -2.09. The second-order valence-electron chi connectivity index (χ2n) is 2.92. The lowest BCUT2D eigenvalue weighted by Crippen LogP contribution is -2.01. The van der Waals surface area contributed by atoms with Gasteiger partial charge in [-0.2, -0.15) is 0 Å². The van der Waals surface area contributed by atoms with Gasteiger partial charge in [0.25, 0.3) is 0 Å². The minimum absolute atomic E-state index is 0.253. The predicted molar refractivity (Wildman–Crippen MR) is 53.7 cm³/mol. The Hall–Kier alpha value is -0.980. The highest BCUT2D eigenvalue weighted by atomic mass is 16.5. The lowest BCUT2D eigenvalue weighted by molar-refractivity contribution is -0.0475. The minimum Gasteiger partial charge on any atom is -0.400 e. The molecule has 0 heterocycles. The van der Waals surface area contributed by atoms with Crippen LogP contribution in [0.4, 0.5) is 0 Å². The van der Waals surface area contributed by atoms with Gasteiger partial charge in [-0.05, 0) is 13.0 Å². The summed E-state index contributed by atoms with van der Waals surface area (Å²) < 4.78 is 0. The summed E-state index contributed by atoms with van der Waals surface area (Å²) in [6.45, 7) is 1.73. The van der Waals surface area contributed by atoms with Crippen LogP contribution in [0.2, 0.25) is 0 Å². The van der Waals surface area contributed by atoms with Crippen molar-refractivity contribution in [2.24, 2.45) is 0 Å². The number of rotatable bonds is 2. The SMILES string of the molecule is CO.Cc1cc(C(O)O)cc(C(O)O)c1. The van der Waals surface area contributed by atoms with Crippen molar-refractivity contribution in [2.75, 3.05) is 7.11 Å². The molecule has 5 N–H and O–H groups in total. The van der Waals surface area contributed by atoms with Crippen molar-refractivity contribution in [3.63, 3.8) is 0 Å². The fraction of sp³-hybridized carbons (Fsp3) is 0.400. The van der Waals surface area contributed by atoms with E-state index < -0.39 is 12.6 Å². The van der Waals surface area contributed by atoms with Crippen LogP contribution < -0.4 is 0 Å². The van der Waals surface area contributed by atoms with Gasteiger partial charge in [0.05, 0.1) is 0 Å². The molecule has 0 radical (unpaired) electrons. The van der Waals surface area contributed by atoms with E-state index in [0.29, 0.717) is 0 Å². The lowest BCUT2D eigenvalue weighted by atomic mass is 10.1. The average molecular weight is 216 g/mol. The van der Waals surface area contributed by atoms with Crippen LogP contribution in [0.15, 0.2) is 18.2 Å². The summed E-state index contributed by atoms with van der Waals surface area (Å²) in [4.78, 5) is 0. The second-order valence-corrected chi connectivity index (χ2v) is 2.92. The predicted octanol–water partition coefficient (Wildman–Crippen LogP) is -0.430. The van der Waals surface area contributed by atoms with Crippen LogP contribution in [0, 0.1) is 6.92 Å². The van der Waals surface area contributed by atoms with E-state index in [2.05, 4.69) is 0 Å². The number of aryl methyl sites for hydroxylation is 1. The van der Waals surface area contributed by atoms with E-state index in [1.54, 1.807) is 19.1 Å². The van der Waals surface area contributed by atoms with Gasteiger partial charge in [0.15, 0.2) is 12.6 Å². The van der Waals surface area contributed by atoms with Gasteiger partial charge in [-0.1, -0.05) is 17.7 Å². The van der Waals surface area contributed by atoms with Crippen molar-refractivity contribution in [3.8, 4) is 0 Å². The molecule has 0 fully saturated rings. The molecule has 1 aromatic carbocycles. The Morgan fingerprint density at radius 1 is 0.800 bits per heavy atom. The Morgan fingerprint density at radius 3 is 1.40 bits per heavy atom. The fourth-order valence-electron chi connectivity index (χ4n) is 1.14. The highest BCUT2D eigenvalue weighted by Crippen LogP contribution is 2.18. The Labute approximate surface area is 87.9 Å². The van der Waals surface area contributed by atoms with E-state index >= 15 is 0 Å². The number of hydrogen-bond donors (Lipinski definition) is 5. The number of benzene rings is 1. The zero-order valence-corrected chi connectivity index (χ0v) is 8.62. The van der Waals surface area contributed by atoms with E-state index in [-0.39, 0.29) is 11.1 Å². The molecule has 0 aliphatic rings. The molecule has 86 valence electrons. The maximum absolute atomic E-state index is 8.85. The molecule has 0 aliphatic carbocycles. The van der Waals surface area contributed by atoms with Gasteiger partial charge in [-0.15, -0.1) is 0 Å². The Kier molecular flexibility index (Phi) is 6.07. The molecule has 5 heteroatoms. The molecule has 0 saturated carbocycles. The van der Waals surface area contributed by atoms with Gasteiger partial charge in [-0.25, -0.2) is 0 Å². The van der Waals surface area contributed by atoms with E-state index in [1.807, 2.05) is 0 Å². The topological polar surface area (TPSA) is 101 Å². The molecule has 0 aliphatic heterocycles. The highest BCUT2D eigenvalue weighted by molar-refractivity contribution is 5.30. The van der Waals surface area contributed by atoms with Crippen LogP contribution in [0.25, 0.3) is 0 Å². The van der Waals surface area contributed by atoms with Crippen LogP contribution in [0.5, 0.6) is 0 Å². The smallest absolute Gasteiger partial charge is 0.178 e. The first-order chi connectivity index (χ1) is 7.00. The van der Waals surface area contributed by atoms with Crippen LogP contribution in [-0.2, 0) is 0 Å². The van der Waals surface area contributed by atoms with Gasteiger partial charge in [-0.3, -0.25) is 0 Å². The number of aliphatic hydroxyl groups is 5. The van der Waals surface area contributed by atoms with Gasteiger partial charge < -0.3 is 25.5 Å². The molecule has 5 nitrogen and oxygen atoms in total. The van der Waals surface area contributed by atoms with Crippen molar-refractivity contribution < 1.29 is 25.5 Å². The van der Waals surface area contributed by atoms with Crippen molar-refractivity contribution >= 4 is 0 Å². The summed E-state index contributed by atoms with van der Waals surface area (Å²) >= 11 is 0. The Morgan fingerprint density at radius 2 is 1.13 bits per heavy atom. The van der Waals surface area contributed by atoms with E-state index in [1.165, 1.54) is 6.07 Å². The van der Waals surface area contributed by atoms with Crippen LogP contribution in [0.3, 0.4) is 0 Å². The normalized spacial score (nSPS) is 10.2. The summed E-state index contributed by atoms with van der Waals surface area (Å²) in [7, 11) is 1.00. The summed E-state index contributed by atoms with van der Waals surface area (Å²) in [5.74, 6) is 0. The largest absolute Gasteiger partial charge is 0.400 e. The molecule has 0 aromatic heterocycles. The first-order valence-corrected chi connectivity index (χ1v) is 4.29. The van der Waals surface area contributed by atoms with Gasteiger partial charge in [0.1, 0.15) is 0 Å². The van der Waals surface area contributed by atoms with Gasteiger partial charge >= 0.3 is 0 Å². The molecule has 0 unspecified atom stereocenters. The molecular weight excluding hydrogens is 200 g/mol. The van der Waals surface area contributed by atoms with Crippen LogP contribution >= 0.6 is 0 Å². The summed E-state index contributed by atoms with van der Waals surface area (Å²) in [5.41, 5.74) is 1.25. The van der Waals surface area contributed by atoms with Crippen LogP contribution in [0.1, 0.15) is 29.3 Å². The molecule has 0 bridgehead atoms. The molecule has 1 rings (SSSR count). The Bertz CT molecular complexity index is 270. The van der Waals surface area contributed by atoms with E-state index in [4.69, 9.17) is 25.5 Å². The third-order valence-corrected chi connectivity index (χ3v) is 1.72. The van der Waals surface area contributed by atoms with Crippen molar-refractivity contribution in [3.05, 3.63) is 34.9 Å². The summed E-state index contributed by atoms with van der Waals surface area (Å²) in [6, 6.07) is 4.47. The zero-order valence-electron chi connectivity index (χ0n) is 8.62. The molecule has 0 saturated heterocycles. The maximum atomic E-state index is 8.85. The maximum Gasteiger partial charge on any atom is 0.178 e. The highest BCUT2D eigenvalue weighted by Gasteiger charge is 2.08. The van der Waals surface area contributed by atoms with Crippen molar-refractivity contribution in [2.45, 2.75) is 19.5 Å². The molecular formula is C10H16O5. The zero-order chi connectivity index (χ0) is 12.0. The third kappa shape index (κ3) is 4.37. The van der Waals surface area contributed by atoms with Crippen LogP contribution in [-0.4, -0.2) is 32.6 Å². The molecule has 15 heavy (non-hydrogen) atoms. The minimum atomic E-state index is -1.59. The summed E-state index contributed by atoms with van der Waals surface area (Å²) in [6.07, 6.45) is -3.17. The molecule has 0 amide bonds. The first-order valence-electron chi connectivity index (χ1n) is 4.29. The van der Waals surface area contributed by atoms with E-state index in [0.717, 1.165) is 12.7 Å². The van der Waals surface area contributed by atoms with Gasteiger partial charge in [0, 0.05) is 18.2 Å². The van der Waals surface area contributed by atoms with Crippen molar-refractivity contribution in [1.29, 1.82) is 0 Å². The van der Waals surface area contributed by atoms with Gasteiger partial charge in [0.2, 0.25) is 0 Å². The third-order valence-electron chi connectivity index (χ3n) is 1.72. The summed E-state index contributed by atoms with van der Waals surface area (Å²) in [5, 5.41) is 42.4. The van der Waals surface area contributed by atoms with Crippen molar-refractivity contribution in [1.82, 2.24) is 0 Å². The standard InChI is InChI=1S/C9H12O4.CH4O/c1-5-2-6(8(10)11)4-7(3-5)9(12)13;1-2/h2-4,8-13H,1H3;2H,1H3. The molecule has 1 aromatic rings. The number of aliphatic hydroxyl groups excluding tert-OH is 3. The second kappa shape index (κ2) is 6.49. The monoisotopic (exact) mass is 216 g/mol. The fourth-order valence-corrected chi connectivity index (χ4v) is 1.14. The quantitative estimate of drug-likeness (QED) is 0.432. The number of hydrogen-bond acceptors (Lipinski definition) is 5. The molecule has 0 spiro atoms.